The van der Waals surface area contributed by atoms with Gasteiger partial charge in [-0.15, -0.1) is 0 Å². The summed E-state index contributed by atoms with van der Waals surface area (Å²) in [6.07, 6.45) is 5.50. The topological polar surface area (TPSA) is 64.3 Å². The summed E-state index contributed by atoms with van der Waals surface area (Å²) in [6, 6.07) is 0.686. The molecule has 1 rings (SSSR count). The smallest absolute Gasteiger partial charge is 0.220 e. The summed E-state index contributed by atoms with van der Waals surface area (Å²) in [4.78, 5) is 11.6. The maximum atomic E-state index is 11.6. The second-order valence-corrected chi connectivity index (χ2v) is 4.48. The van der Waals surface area contributed by atoms with Gasteiger partial charge in [0.2, 0.25) is 5.91 Å². The number of hydrogen-bond donors (Lipinski definition) is 2. The van der Waals surface area contributed by atoms with E-state index in [-0.39, 0.29) is 5.91 Å². The molecule has 1 amide bonds. The summed E-state index contributed by atoms with van der Waals surface area (Å²) in [6.45, 7) is 3.37. The zero-order valence-corrected chi connectivity index (χ0v) is 10.2. The lowest BCUT2D eigenvalue weighted by Crippen LogP contribution is -2.40. The van der Waals surface area contributed by atoms with Crippen LogP contribution < -0.4 is 11.1 Å². The molecule has 3 N–H and O–H groups in total. The van der Waals surface area contributed by atoms with E-state index in [9.17, 15) is 4.79 Å². The molecule has 0 aromatic rings. The molecule has 0 heterocycles. The zero-order chi connectivity index (χ0) is 11.8. The second kappa shape index (κ2) is 7.63. The minimum absolute atomic E-state index is 0.153. The predicted molar refractivity (Wildman–Crippen MR) is 64.1 cm³/mol. The molecule has 0 aromatic heterocycles. The van der Waals surface area contributed by atoms with Crippen LogP contribution in [0.5, 0.6) is 0 Å². The molecule has 1 aliphatic carbocycles. The number of hydrogen-bond acceptors (Lipinski definition) is 3. The van der Waals surface area contributed by atoms with E-state index in [1.54, 1.807) is 0 Å². The first-order valence-electron chi connectivity index (χ1n) is 6.35. The molecule has 0 radical (unpaired) electrons. The van der Waals surface area contributed by atoms with Crippen molar-refractivity contribution >= 4 is 5.91 Å². The van der Waals surface area contributed by atoms with E-state index in [0.717, 1.165) is 38.7 Å². The molecular formula is C12H24N2O2. The Morgan fingerprint density at radius 1 is 1.38 bits per heavy atom. The summed E-state index contributed by atoms with van der Waals surface area (Å²) in [5, 5.41) is 3.07. The van der Waals surface area contributed by atoms with E-state index in [1.807, 2.05) is 6.92 Å². The standard InChI is InChI=1S/C12H24N2O2/c1-2-16-9-3-4-12(15)14-11-7-5-10(13)6-8-11/h10-11H,2-9,13H2,1H3,(H,14,15). The molecule has 0 spiro atoms. The highest BCUT2D eigenvalue weighted by Gasteiger charge is 2.19. The molecule has 1 saturated carbocycles. The Kier molecular flexibility index (Phi) is 6.42. The molecule has 0 aliphatic heterocycles. The number of carbonyl (C=O) groups excluding carboxylic acids is 1. The van der Waals surface area contributed by atoms with Gasteiger partial charge in [0.15, 0.2) is 0 Å². The van der Waals surface area contributed by atoms with Gasteiger partial charge in [-0.1, -0.05) is 0 Å². The Hall–Kier alpha value is -0.610. The van der Waals surface area contributed by atoms with Crippen molar-refractivity contribution < 1.29 is 9.53 Å². The van der Waals surface area contributed by atoms with E-state index < -0.39 is 0 Å². The normalized spacial score (nSPS) is 25.4. The van der Waals surface area contributed by atoms with Crippen LogP contribution in [0, 0.1) is 0 Å². The van der Waals surface area contributed by atoms with Crippen molar-refractivity contribution in [1.29, 1.82) is 0 Å². The molecule has 1 aliphatic rings. The van der Waals surface area contributed by atoms with Gasteiger partial charge in [0.25, 0.3) is 0 Å². The monoisotopic (exact) mass is 228 g/mol. The van der Waals surface area contributed by atoms with E-state index in [2.05, 4.69) is 5.32 Å². The fraction of sp³-hybridized carbons (Fsp3) is 0.917. The van der Waals surface area contributed by atoms with Gasteiger partial charge in [-0.3, -0.25) is 4.79 Å². The van der Waals surface area contributed by atoms with Gasteiger partial charge < -0.3 is 15.8 Å². The van der Waals surface area contributed by atoms with Crippen molar-refractivity contribution in [1.82, 2.24) is 5.32 Å². The Bertz CT molecular complexity index is 201. The second-order valence-electron chi connectivity index (χ2n) is 4.48. The van der Waals surface area contributed by atoms with Crippen molar-refractivity contribution in [3.63, 3.8) is 0 Å². The number of nitrogens with two attached hydrogens (primary N) is 1. The van der Waals surface area contributed by atoms with Crippen LogP contribution in [0.1, 0.15) is 45.4 Å². The average Bonchev–Trinajstić information content (AvgIpc) is 2.28. The Morgan fingerprint density at radius 3 is 2.69 bits per heavy atom. The predicted octanol–water partition coefficient (Wildman–Crippen LogP) is 1.19. The maximum Gasteiger partial charge on any atom is 0.220 e. The zero-order valence-electron chi connectivity index (χ0n) is 10.2. The van der Waals surface area contributed by atoms with Crippen LogP contribution in [0.25, 0.3) is 0 Å². The molecule has 94 valence electrons. The highest BCUT2D eigenvalue weighted by atomic mass is 16.5. The third-order valence-corrected chi connectivity index (χ3v) is 3.03. The number of carbonyl (C=O) groups is 1. The van der Waals surface area contributed by atoms with Gasteiger partial charge in [0.05, 0.1) is 0 Å². The first kappa shape index (κ1) is 13.5. The third-order valence-electron chi connectivity index (χ3n) is 3.03. The maximum absolute atomic E-state index is 11.6. The lowest BCUT2D eigenvalue weighted by molar-refractivity contribution is -0.122. The summed E-state index contributed by atoms with van der Waals surface area (Å²) in [5.74, 6) is 0.153. The lowest BCUT2D eigenvalue weighted by Gasteiger charge is -2.26. The summed E-state index contributed by atoms with van der Waals surface area (Å²) < 4.78 is 5.19. The Morgan fingerprint density at radius 2 is 2.06 bits per heavy atom. The molecule has 4 nitrogen and oxygen atoms in total. The minimum atomic E-state index is 0.153. The van der Waals surface area contributed by atoms with Gasteiger partial charge in [-0.25, -0.2) is 0 Å². The van der Waals surface area contributed by atoms with Crippen molar-refractivity contribution in [2.24, 2.45) is 5.73 Å². The first-order valence-corrected chi connectivity index (χ1v) is 6.35. The van der Waals surface area contributed by atoms with Crippen molar-refractivity contribution in [3.8, 4) is 0 Å². The molecule has 0 unspecified atom stereocenters. The van der Waals surface area contributed by atoms with Crippen LogP contribution in [0.15, 0.2) is 0 Å². The summed E-state index contributed by atoms with van der Waals surface area (Å²) in [7, 11) is 0. The summed E-state index contributed by atoms with van der Waals surface area (Å²) >= 11 is 0. The highest BCUT2D eigenvalue weighted by molar-refractivity contribution is 5.76. The largest absolute Gasteiger partial charge is 0.382 e. The Balaban J connectivity index is 2.05. The SMILES string of the molecule is CCOCCCC(=O)NC1CCC(N)CC1. The van der Waals surface area contributed by atoms with Crippen LogP contribution in [0.2, 0.25) is 0 Å². The number of nitrogens with one attached hydrogen (secondary N) is 1. The minimum Gasteiger partial charge on any atom is -0.382 e. The van der Waals surface area contributed by atoms with Crippen LogP contribution >= 0.6 is 0 Å². The van der Waals surface area contributed by atoms with Gasteiger partial charge in [-0.2, -0.15) is 0 Å². The lowest BCUT2D eigenvalue weighted by atomic mass is 9.92. The fourth-order valence-electron chi connectivity index (χ4n) is 2.04. The van der Waals surface area contributed by atoms with Crippen LogP contribution in [0.3, 0.4) is 0 Å². The van der Waals surface area contributed by atoms with E-state index >= 15 is 0 Å². The first-order chi connectivity index (χ1) is 7.72. The number of ether oxygens (including phenoxy) is 1. The molecule has 0 aromatic carbocycles. The van der Waals surface area contributed by atoms with Gasteiger partial charge >= 0.3 is 0 Å². The molecule has 1 fully saturated rings. The fourth-order valence-corrected chi connectivity index (χ4v) is 2.04. The quantitative estimate of drug-likeness (QED) is 0.671. The molecule has 0 saturated heterocycles. The van der Waals surface area contributed by atoms with Crippen LogP contribution in [-0.4, -0.2) is 31.2 Å². The van der Waals surface area contributed by atoms with Crippen LogP contribution in [-0.2, 0) is 9.53 Å². The van der Waals surface area contributed by atoms with Gasteiger partial charge in [0, 0.05) is 31.7 Å². The van der Waals surface area contributed by atoms with E-state index in [1.165, 1.54) is 0 Å². The van der Waals surface area contributed by atoms with Gasteiger partial charge in [-0.05, 0) is 39.0 Å². The molecule has 16 heavy (non-hydrogen) atoms. The molecular weight excluding hydrogens is 204 g/mol. The van der Waals surface area contributed by atoms with Crippen LogP contribution in [0.4, 0.5) is 0 Å². The molecule has 0 atom stereocenters. The van der Waals surface area contributed by atoms with Crippen molar-refractivity contribution in [3.05, 3.63) is 0 Å². The molecule has 0 bridgehead atoms. The average molecular weight is 228 g/mol. The number of amides is 1. The Labute approximate surface area is 97.9 Å². The summed E-state index contributed by atoms with van der Waals surface area (Å²) in [5.41, 5.74) is 5.81. The molecule has 4 heteroatoms. The van der Waals surface area contributed by atoms with Gasteiger partial charge in [0.1, 0.15) is 0 Å². The number of rotatable bonds is 6. The highest BCUT2D eigenvalue weighted by Crippen LogP contribution is 2.16. The van der Waals surface area contributed by atoms with E-state index in [4.69, 9.17) is 10.5 Å². The van der Waals surface area contributed by atoms with E-state index in [0.29, 0.717) is 25.1 Å². The van der Waals surface area contributed by atoms with Crippen molar-refractivity contribution in [2.45, 2.75) is 57.5 Å². The third kappa shape index (κ3) is 5.47. The van der Waals surface area contributed by atoms with Crippen molar-refractivity contribution in [2.75, 3.05) is 13.2 Å².